The Bertz CT molecular complexity index is 2200. The maximum absolute atomic E-state index is 4.29. The average Bonchev–Trinajstić information content (AvgIpc) is 3.13. The lowest BCUT2D eigenvalue weighted by atomic mass is 9.83. The van der Waals surface area contributed by atoms with Gasteiger partial charge in [-0.1, -0.05) is 179 Å². The van der Waals surface area contributed by atoms with Crippen LogP contribution in [0.1, 0.15) is 40.3 Å². The summed E-state index contributed by atoms with van der Waals surface area (Å²) in [5.74, 6) is 0. The van der Waals surface area contributed by atoms with E-state index in [-0.39, 0.29) is 0 Å². The van der Waals surface area contributed by atoms with Gasteiger partial charge in [-0.15, -0.1) is 0 Å². The van der Waals surface area contributed by atoms with Gasteiger partial charge in [0.2, 0.25) is 0 Å². The average molecular weight is 603 g/mol. The van der Waals surface area contributed by atoms with Crippen molar-refractivity contribution >= 4 is 47.2 Å². The van der Waals surface area contributed by atoms with Crippen LogP contribution in [0.2, 0.25) is 0 Å². The number of fused-ring (bicyclic) bond motifs is 1. The molecule has 6 aromatic rings. The molecule has 0 heteroatoms. The van der Waals surface area contributed by atoms with Crippen molar-refractivity contribution in [1.29, 1.82) is 0 Å². The van der Waals surface area contributed by atoms with Crippen LogP contribution in [0.3, 0.4) is 0 Å². The molecular weight excluding hydrogens is 565 g/mol. The predicted molar refractivity (Wildman–Crippen MR) is 211 cm³/mol. The van der Waals surface area contributed by atoms with Crippen LogP contribution < -0.4 is 0 Å². The third-order valence-electron chi connectivity index (χ3n) is 8.91. The van der Waals surface area contributed by atoms with Gasteiger partial charge in [-0.05, 0) is 102 Å². The fraction of sp³-hybridized carbons (Fsp3) is 0.0213. The van der Waals surface area contributed by atoms with Crippen molar-refractivity contribution in [2.75, 3.05) is 0 Å². The molecule has 0 heterocycles. The highest BCUT2D eigenvalue weighted by Crippen LogP contribution is 2.44. The molecule has 0 radical (unpaired) electrons. The molecule has 0 aromatic heterocycles. The van der Waals surface area contributed by atoms with Gasteiger partial charge in [-0.3, -0.25) is 0 Å². The third kappa shape index (κ3) is 5.67. The zero-order chi connectivity index (χ0) is 32.9. The van der Waals surface area contributed by atoms with Gasteiger partial charge in [0.25, 0.3) is 0 Å². The standard InChI is InChI=1S/C47H38/c1-7-16-38-31-39(30-21-32(38)8-2)34-22-26-36(27-23-34)46-41(11-5)42(12-6)47(45-19-14-13-18-44(45)46)37-28-24-35(25-29-37)43-20-15-17-33(9-3)40(43)10-4/h7-31H,2-6H2,1H3/b16-7-. The summed E-state index contributed by atoms with van der Waals surface area (Å²) in [6.07, 6.45) is 13.8. The number of hydrogen-bond acceptors (Lipinski definition) is 0. The normalized spacial score (nSPS) is 11.0. The van der Waals surface area contributed by atoms with Gasteiger partial charge in [0, 0.05) is 0 Å². The van der Waals surface area contributed by atoms with E-state index in [1.807, 2.05) is 37.3 Å². The van der Waals surface area contributed by atoms with Crippen LogP contribution in [0.4, 0.5) is 0 Å². The fourth-order valence-corrected chi connectivity index (χ4v) is 6.68. The van der Waals surface area contributed by atoms with Crippen molar-refractivity contribution in [3.05, 3.63) is 182 Å². The van der Waals surface area contributed by atoms with Crippen LogP contribution in [0.5, 0.6) is 0 Å². The molecule has 226 valence electrons. The van der Waals surface area contributed by atoms with Gasteiger partial charge in [-0.25, -0.2) is 0 Å². The van der Waals surface area contributed by atoms with Crippen LogP contribution in [0, 0.1) is 0 Å². The second-order valence-electron chi connectivity index (χ2n) is 11.5. The lowest BCUT2D eigenvalue weighted by Gasteiger charge is -2.20. The van der Waals surface area contributed by atoms with Crippen molar-refractivity contribution in [2.24, 2.45) is 0 Å². The lowest BCUT2D eigenvalue weighted by Crippen LogP contribution is -1.96. The Kier molecular flexibility index (Phi) is 8.95. The first-order chi connectivity index (χ1) is 23.1. The minimum absolute atomic E-state index is 1.07. The second kappa shape index (κ2) is 13.6. The molecule has 6 rings (SSSR count). The van der Waals surface area contributed by atoms with Gasteiger partial charge in [0.15, 0.2) is 0 Å². The number of hydrogen-bond donors (Lipinski definition) is 0. The first-order valence-electron chi connectivity index (χ1n) is 15.9. The lowest BCUT2D eigenvalue weighted by molar-refractivity contribution is 1.54. The zero-order valence-electron chi connectivity index (χ0n) is 27.0. The largest absolute Gasteiger partial charge is 0.0984 e. The summed E-state index contributed by atoms with van der Waals surface area (Å²) in [6.45, 7) is 22.6. The molecule has 0 aliphatic carbocycles. The molecule has 0 amide bonds. The van der Waals surface area contributed by atoms with Gasteiger partial charge in [-0.2, -0.15) is 0 Å². The van der Waals surface area contributed by atoms with E-state index in [0.717, 1.165) is 66.8 Å². The van der Waals surface area contributed by atoms with E-state index in [1.165, 1.54) is 21.9 Å². The molecule has 0 aliphatic heterocycles. The smallest absolute Gasteiger partial charge is 0.00266 e. The van der Waals surface area contributed by atoms with Gasteiger partial charge >= 0.3 is 0 Å². The highest BCUT2D eigenvalue weighted by Gasteiger charge is 2.19. The van der Waals surface area contributed by atoms with E-state index in [2.05, 4.69) is 154 Å². The van der Waals surface area contributed by atoms with E-state index < -0.39 is 0 Å². The van der Waals surface area contributed by atoms with Gasteiger partial charge in [0.05, 0.1) is 0 Å². The first kappa shape index (κ1) is 31.0. The molecule has 0 saturated heterocycles. The molecule has 0 saturated carbocycles. The molecule has 0 nitrogen and oxygen atoms in total. The highest BCUT2D eigenvalue weighted by atomic mass is 14.2. The summed E-state index contributed by atoms with van der Waals surface area (Å²) in [5, 5.41) is 2.36. The minimum atomic E-state index is 1.07. The Morgan fingerprint density at radius 2 is 0.915 bits per heavy atom. The number of allylic oxidation sites excluding steroid dienone is 1. The van der Waals surface area contributed by atoms with Crippen LogP contribution >= 0.6 is 0 Å². The fourth-order valence-electron chi connectivity index (χ4n) is 6.68. The van der Waals surface area contributed by atoms with E-state index in [4.69, 9.17) is 0 Å². The molecule has 0 aliphatic rings. The number of rotatable bonds is 10. The Balaban J connectivity index is 1.48. The zero-order valence-corrected chi connectivity index (χ0v) is 27.0. The van der Waals surface area contributed by atoms with Crippen molar-refractivity contribution in [3.63, 3.8) is 0 Å². The Hall–Kier alpha value is -5.98. The molecular formula is C47H38. The third-order valence-corrected chi connectivity index (χ3v) is 8.91. The minimum Gasteiger partial charge on any atom is -0.0984 e. The molecule has 6 aromatic carbocycles. The summed E-state index contributed by atoms with van der Waals surface area (Å²) in [7, 11) is 0. The monoisotopic (exact) mass is 602 g/mol. The second-order valence-corrected chi connectivity index (χ2v) is 11.5. The quantitative estimate of drug-likeness (QED) is 0.146. The van der Waals surface area contributed by atoms with Gasteiger partial charge < -0.3 is 0 Å². The van der Waals surface area contributed by atoms with Crippen molar-refractivity contribution in [3.8, 4) is 44.5 Å². The van der Waals surface area contributed by atoms with E-state index in [1.54, 1.807) is 0 Å². The first-order valence-corrected chi connectivity index (χ1v) is 15.9. The molecule has 0 atom stereocenters. The Labute approximate surface area is 279 Å². The van der Waals surface area contributed by atoms with Crippen LogP contribution in [-0.4, -0.2) is 0 Å². The van der Waals surface area contributed by atoms with Crippen LogP contribution in [0.15, 0.2) is 148 Å². The van der Waals surface area contributed by atoms with E-state index in [0.29, 0.717) is 0 Å². The summed E-state index contributed by atoms with van der Waals surface area (Å²) in [6, 6.07) is 39.1. The Morgan fingerprint density at radius 1 is 0.404 bits per heavy atom. The van der Waals surface area contributed by atoms with Crippen LogP contribution in [-0.2, 0) is 0 Å². The molecule has 0 bridgehead atoms. The summed E-state index contributed by atoms with van der Waals surface area (Å²) in [4.78, 5) is 0. The Morgan fingerprint density at radius 3 is 1.43 bits per heavy atom. The van der Waals surface area contributed by atoms with Crippen molar-refractivity contribution in [2.45, 2.75) is 6.92 Å². The molecule has 0 fully saturated rings. The SMILES string of the molecule is C=Cc1ccc(-c2ccc(-c3c(C=C)c(C=C)c(-c4ccc(-c5cccc(C=C)c5C=C)cc4)c4ccccc34)cc2)cc1/C=C\C. The van der Waals surface area contributed by atoms with Crippen LogP contribution in [0.25, 0.3) is 91.7 Å². The maximum Gasteiger partial charge on any atom is -0.00266 e. The summed E-state index contributed by atoms with van der Waals surface area (Å²) >= 11 is 0. The molecule has 0 N–H and O–H groups in total. The summed E-state index contributed by atoms with van der Waals surface area (Å²) in [5.41, 5.74) is 15.8. The van der Waals surface area contributed by atoms with E-state index in [9.17, 15) is 0 Å². The van der Waals surface area contributed by atoms with Crippen molar-refractivity contribution < 1.29 is 0 Å². The predicted octanol–water partition coefficient (Wildman–Crippen LogP) is 13.8. The topological polar surface area (TPSA) is 0 Å². The molecule has 47 heavy (non-hydrogen) atoms. The highest BCUT2D eigenvalue weighted by molar-refractivity contribution is 6.11. The molecule has 0 unspecified atom stereocenters. The molecule has 0 spiro atoms. The summed E-state index contributed by atoms with van der Waals surface area (Å²) < 4.78 is 0. The van der Waals surface area contributed by atoms with E-state index >= 15 is 0 Å². The van der Waals surface area contributed by atoms with Gasteiger partial charge in [0.1, 0.15) is 0 Å². The maximum atomic E-state index is 4.29. The van der Waals surface area contributed by atoms with Crippen molar-refractivity contribution in [1.82, 2.24) is 0 Å². The number of benzene rings is 6.